The molecule has 1 heterocycles. The molecule has 2 aromatic carbocycles. The summed E-state index contributed by atoms with van der Waals surface area (Å²) in [6.45, 7) is 3.99. The van der Waals surface area contributed by atoms with Crippen LogP contribution in [0.15, 0.2) is 54.6 Å². The minimum atomic E-state index is -1.06. The number of rotatable bonds is 5. The number of nitrogens with zero attached hydrogens (tertiary/aromatic N) is 2. The van der Waals surface area contributed by atoms with E-state index in [0.717, 1.165) is 0 Å². The monoisotopic (exact) mass is 338 g/mol. The van der Waals surface area contributed by atoms with Gasteiger partial charge in [0.1, 0.15) is 17.1 Å². The van der Waals surface area contributed by atoms with Crippen molar-refractivity contribution in [2.24, 2.45) is 5.92 Å². The fourth-order valence-electron chi connectivity index (χ4n) is 2.88. The first-order valence-corrected chi connectivity index (χ1v) is 8.14. The first-order chi connectivity index (χ1) is 12.0. The molecule has 0 aliphatic heterocycles. The molecule has 1 N–H and O–H groups in total. The van der Waals surface area contributed by atoms with Gasteiger partial charge in [-0.1, -0.05) is 56.3 Å². The number of halogens is 1. The Bertz CT molecular complexity index is 901. The van der Waals surface area contributed by atoms with E-state index in [4.69, 9.17) is 0 Å². The van der Waals surface area contributed by atoms with Gasteiger partial charge >= 0.3 is 5.97 Å². The maximum absolute atomic E-state index is 14.4. The lowest BCUT2D eigenvalue weighted by Gasteiger charge is -2.09. The number of hydrogen-bond donors (Lipinski definition) is 1. The van der Waals surface area contributed by atoms with Crippen molar-refractivity contribution in [3.63, 3.8) is 0 Å². The van der Waals surface area contributed by atoms with Gasteiger partial charge in [0.05, 0.1) is 11.4 Å². The van der Waals surface area contributed by atoms with Gasteiger partial charge in [0.25, 0.3) is 0 Å². The Morgan fingerprint density at radius 1 is 1.12 bits per heavy atom. The lowest BCUT2D eigenvalue weighted by molar-refractivity contribution is 0.0696. The average Bonchev–Trinajstić information content (AvgIpc) is 2.94. The molecule has 0 saturated carbocycles. The first kappa shape index (κ1) is 16.9. The molecular formula is C20H19FN2O2. The van der Waals surface area contributed by atoms with Crippen LogP contribution in [-0.4, -0.2) is 20.9 Å². The van der Waals surface area contributed by atoms with E-state index in [9.17, 15) is 14.3 Å². The molecule has 128 valence electrons. The summed E-state index contributed by atoms with van der Waals surface area (Å²) in [4.78, 5) is 12.0. The van der Waals surface area contributed by atoms with Crippen molar-refractivity contribution >= 4 is 5.97 Å². The second-order valence-electron chi connectivity index (χ2n) is 6.30. The molecule has 0 fully saturated rings. The topological polar surface area (TPSA) is 55.1 Å². The summed E-state index contributed by atoms with van der Waals surface area (Å²) in [6.07, 6.45) is 0.503. The summed E-state index contributed by atoms with van der Waals surface area (Å²) in [5, 5.41) is 14.3. The van der Waals surface area contributed by atoms with Crippen LogP contribution in [0.2, 0.25) is 0 Å². The Balaban J connectivity index is 2.34. The Kier molecular flexibility index (Phi) is 4.65. The van der Waals surface area contributed by atoms with E-state index in [-0.39, 0.29) is 17.2 Å². The number of carbonyl (C=O) groups is 1. The zero-order valence-electron chi connectivity index (χ0n) is 14.1. The van der Waals surface area contributed by atoms with Crippen molar-refractivity contribution in [2.75, 3.05) is 0 Å². The minimum absolute atomic E-state index is 0.128. The van der Waals surface area contributed by atoms with E-state index < -0.39 is 11.8 Å². The summed E-state index contributed by atoms with van der Waals surface area (Å²) in [5.41, 5.74) is 1.91. The predicted octanol–water partition coefficient (Wildman–Crippen LogP) is 4.58. The molecule has 3 rings (SSSR count). The Labute approximate surface area is 145 Å². The van der Waals surface area contributed by atoms with E-state index >= 15 is 0 Å². The highest BCUT2D eigenvalue weighted by atomic mass is 19.1. The Morgan fingerprint density at radius 3 is 2.36 bits per heavy atom. The van der Waals surface area contributed by atoms with E-state index in [1.807, 2.05) is 32.0 Å². The van der Waals surface area contributed by atoms with Gasteiger partial charge in [0.15, 0.2) is 0 Å². The molecular weight excluding hydrogens is 319 g/mol. The van der Waals surface area contributed by atoms with Gasteiger partial charge in [0.2, 0.25) is 0 Å². The molecule has 0 radical (unpaired) electrons. The van der Waals surface area contributed by atoms with Gasteiger partial charge in [-0.05, 0) is 24.5 Å². The van der Waals surface area contributed by atoms with Crippen LogP contribution in [0.3, 0.4) is 0 Å². The van der Waals surface area contributed by atoms with Crippen molar-refractivity contribution in [1.29, 1.82) is 0 Å². The molecule has 25 heavy (non-hydrogen) atoms. The fraction of sp³-hybridized carbons (Fsp3) is 0.200. The summed E-state index contributed by atoms with van der Waals surface area (Å²) < 4.78 is 15.8. The molecule has 0 unspecified atom stereocenters. The third-order valence-corrected chi connectivity index (χ3v) is 3.90. The SMILES string of the molecule is CC(C)Cc1nn(-c2ccccc2F)c(-c2ccccc2)c1C(=O)O. The third-order valence-electron chi connectivity index (χ3n) is 3.90. The highest BCUT2D eigenvalue weighted by molar-refractivity contribution is 5.96. The Morgan fingerprint density at radius 2 is 1.76 bits per heavy atom. The van der Waals surface area contributed by atoms with Gasteiger partial charge in [-0.2, -0.15) is 5.10 Å². The van der Waals surface area contributed by atoms with E-state index in [2.05, 4.69) is 5.10 Å². The average molecular weight is 338 g/mol. The second-order valence-corrected chi connectivity index (χ2v) is 6.30. The molecule has 1 aromatic heterocycles. The largest absolute Gasteiger partial charge is 0.478 e. The lowest BCUT2D eigenvalue weighted by atomic mass is 10.0. The van der Waals surface area contributed by atoms with Crippen LogP contribution in [0.25, 0.3) is 16.9 Å². The number of aromatic nitrogens is 2. The molecule has 0 aliphatic rings. The third kappa shape index (κ3) is 3.31. The molecule has 3 aromatic rings. The van der Waals surface area contributed by atoms with Crippen molar-refractivity contribution in [2.45, 2.75) is 20.3 Å². The molecule has 5 heteroatoms. The highest BCUT2D eigenvalue weighted by Gasteiger charge is 2.26. The van der Waals surface area contributed by atoms with Crippen molar-refractivity contribution in [3.8, 4) is 16.9 Å². The van der Waals surface area contributed by atoms with Crippen LogP contribution >= 0.6 is 0 Å². The summed E-state index contributed by atoms with van der Waals surface area (Å²) in [5.74, 6) is -1.28. The standard InChI is InChI=1S/C20H19FN2O2/c1-13(2)12-16-18(20(24)25)19(14-8-4-3-5-9-14)23(22-16)17-11-7-6-10-15(17)21/h3-11,13H,12H2,1-2H3,(H,24,25). The predicted molar refractivity (Wildman–Crippen MR) is 94.5 cm³/mol. The lowest BCUT2D eigenvalue weighted by Crippen LogP contribution is -2.05. The van der Waals surface area contributed by atoms with Crippen molar-refractivity contribution < 1.29 is 14.3 Å². The first-order valence-electron chi connectivity index (χ1n) is 8.14. The van der Waals surface area contributed by atoms with Crippen LogP contribution in [-0.2, 0) is 6.42 Å². The van der Waals surface area contributed by atoms with Crippen LogP contribution in [0.1, 0.15) is 29.9 Å². The number of hydrogen-bond acceptors (Lipinski definition) is 2. The van der Waals surface area contributed by atoms with Crippen molar-refractivity contribution in [1.82, 2.24) is 9.78 Å². The van der Waals surface area contributed by atoms with Crippen LogP contribution in [0.4, 0.5) is 4.39 Å². The van der Waals surface area contributed by atoms with E-state index in [1.165, 1.54) is 10.7 Å². The van der Waals surface area contributed by atoms with Crippen LogP contribution in [0, 0.1) is 11.7 Å². The number of aromatic carboxylic acids is 1. The molecule has 0 atom stereocenters. The van der Waals surface area contributed by atoms with Gasteiger partial charge in [-0.15, -0.1) is 0 Å². The quantitative estimate of drug-likeness (QED) is 0.741. The molecule has 4 nitrogen and oxygen atoms in total. The van der Waals surface area contributed by atoms with Gasteiger partial charge < -0.3 is 5.11 Å². The van der Waals surface area contributed by atoms with Crippen LogP contribution in [0.5, 0.6) is 0 Å². The molecule has 0 amide bonds. The maximum Gasteiger partial charge on any atom is 0.339 e. The Hall–Kier alpha value is -2.95. The highest BCUT2D eigenvalue weighted by Crippen LogP contribution is 2.31. The number of carboxylic acid groups (broad SMARTS) is 1. The molecule has 0 saturated heterocycles. The second kappa shape index (κ2) is 6.89. The molecule has 0 aliphatic carbocycles. The maximum atomic E-state index is 14.4. The van der Waals surface area contributed by atoms with Crippen molar-refractivity contribution in [3.05, 3.63) is 71.7 Å². The smallest absolute Gasteiger partial charge is 0.339 e. The van der Waals surface area contributed by atoms with Gasteiger partial charge in [-0.25, -0.2) is 13.9 Å². The molecule has 0 bridgehead atoms. The van der Waals surface area contributed by atoms with Crippen LogP contribution < -0.4 is 0 Å². The number of carboxylic acids is 1. The zero-order valence-corrected chi connectivity index (χ0v) is 14.1. The van der Waals surface area contributed by atoms with E-state index in [0.29, 0.717) is 23.4 Å². The van der Waals surface area contributed by atoms with E-state index in [1.54, 1.807) is 30.3 Å². The zero-order chi connectivity index (χ0) is 18.0. The molecule has 0 spiro atoms. The number of benzene rings is 2. The summed E-state index contributed by atoms with van der Waals surface area (Å²) in [7, 11) is 0. The minimum Gasteiger partial charge on any atom is -0.478 e. The van der Waals surface area contributed by atoms with Gasteiger partial charge in [0, 0.05) is 5.56 Å². The summed E-state index contributed by atoms with van der Waals surface area (Å²) in [6, 6.07) is 15.3. The summed E-state index contributed by atoms with van der Waals surface area (Å²) >= 11 is 0. The van der Waals surface area contributed by atoms with Gasteiger partial charge in [-0.3, -0.25) is 0 Å². The fourth-order valence-corrected chi connectivity index (χ4v) is 2.88. The number of para-hydroxylation sites is 1. The normalized spacial score (nSPS) is 11.0.